The zero-order valence-electron chi connectivity index (χ0n) is 10.1. The number of allylic oxidation sites excluding steroid dienone is 1. The summed E-state index contributed by atoms with van der Waals surface area (Å²) in [6, 6.07) is 0. The third-order valence-electron chi connectivity index (χ3n) is 2.92. The van der Waals surface area contributed by atoms with Gasteiger partial charge < -0.3 is 4.74 Å². The van der Waals surface area contributed by atoms with Crippen LogP contribution in [0.15, 0.2) is 12.7 Å². The van der Waals surface area contributed by atoms with E-state index in [0.29, 0.717) is 32.4 Å². The van der Waals surface area contributed by atoms with Crippen molar-refractivity contribution in [2.75, 3.05) is 6.73 Å². The molecule has 0 spiro atoms. The van der Waals surface area contributed by atoms with Crippen LogP contribution in [0.25, 0.3) is 0 Å². The van der Waals surface area contributed by atoms with Crippen LogP contribution < -0.4 is 16.0 Å². The minimum Gasteiger partial charge on any atom is -0.343 e. The molecule has 1 fully saturated rings. The zero-order chi connectivity index (χ0) is 12.9. The summed E-state index contributed by atoms with van der Waals surface area (Å²) in [6.07, 6.45) is 3.90. The molecule has 6 nitrogen and oxygen atoms in total. The van der Waals surface area contributed by atoms with Gasteiger partial charge in [0.15, 0.2) is 0 Å². The van der Waals surface area contributed by atoms with Crippen LogP contribution in [0.3, 0.4) is 0 Å². The molecular weight excluding hydrogens is 242 g/mol. The lowest BCUT2D eigenvalue weighted by Crippen LogP contribution is -2.43. The molecule has 1 rings (SSSR count). The van der Waals surface area contributed by atoms with Gasteiger partial charge in [-0.25, -0.2) is 24.4 Å². The first-order chi connectivity index (χ1) is 7.87. The van der Waals surface area contributed by atoms with E-state index in [4.69, 9.17) is 9.88 Å². The summed E-state index contributed by atoms with van der Waals surface area (Å²) in [7, 11) is -3.51. The van der Waals surface area contributed by atoms with Gasteiger partial charge in [-0.2, -0.15) is 0 Å². The van der Waals surface area contributed by atoms with Crippen molar-refractivity contribution in [3.05, 3.63) is 12.7 Å². The van der Waals surface area contributed by atoms with E-state index in [0.717, 1.165) is 0 Å². The van der Waals surface area contributed by atoms with Crippen molar-refractivity contribution >= 4 is 10.0 Å². The summed E-state index contributed by atoms with van der Waals surface area (Å²) in [5.41, 5.74) is 5.30. The molecule has 1 aliphatic heterocycles. The van der Waals surface area contributed by atoms with E-state index < -0.39 is 21.0 Å². The van der Waals surface area contributed by atoms with Crippen LogP contribution in [0.2, 0.25) is 0 Å². The molecule has 17 heavy (non-hydrogen) atoms. The van der Waals surface area contributed by atoms with Gasteiger partial charge in [0.1, 0.15) is 12.5 Å². The third kappa shape index (κ3) is 4.72. The molecule has 7 heteroatoms. The van der Waals surface area contributed by atoms with Gasteiger partial charge in [-0.15, -0.1) is 6.58 Å². The summed E-state index contributed by atoms with van der Waals surface area (Å²) in [5, 5.41) is 4.67. The first-order valence-corrected chi connectivity index (χ1v) is 7.25. The molecular formula is C10H21N3O3S. The first-order valence-electron chi connectivity index (χ1n) is 5.64. The van der Waals surface area contributed by atoms with E-state index in [1.54, 1.807) is 6.08 Å². The molecule has 0 radical (unpaired) electrons. The van der Waals surface area contributed by atoms with Gasteiger partial charge in [0, 0.05) is 0 Å². The quantitative estimate of drug-likeness (QED) is 0.570. The van der Waals surface area contributed by atoms with Crippen molar-refractivity contribution in [1.82, 2.24) is 10.9 Å². The van der Waals surface area contributed by atoms with Crippen LogP contribution in [0.1, 0.15) is 32.6 Å². The Balaban J connectivity index is 2.51. The number of nitrogens with one attached hydrogen (secondary N) is 2. The smallest absolute Gasteiger partial charge is 0.211 e. The second-order valence-corrected chi connectivity index (χ2v) is 6.28. The number of ether oxygens (including phenoxy) is 1. The normalized spacial score (nSPS) is 26.9. The number of sulfonamides is 1. The van der Waals surface area contributed by atoms with Crippen LogP contribution in [-0.2, 0) is 14.8 Å². The molecule has 1 aliphatic rings. The Morgan fingerprint density at radius 2 is 2.29 bits per heavy atom. The minimum atomic E-state index is -3.51. The lowest BCUT2D eigenvalue weighted by atomic mass is 10.1. The maximum Gasteiger partial charge on any atom is 0.211 e. The highest BCUT2D eigenvalue weighted by Crippen LogP contribution is 2.21. The Kier molecular flexibility index (Phi) is 5.08. The first kappa shape index (κ1) is 14.6. The van der Waals surface area contributed by atoms with Crippen molar-refractivity contribution in [3.8, 4) is 0 Å². The van der Waals surface area contributed by atoms with Gasteiger partial charge in [0.05, 0.1) is 5.25 Å². The van der Waals surface area contributed by atoms with E-state index in [1.807, 2.05) is 6.92 Å². The van der Waals surface area contributed by atoms with E-state index in [9.17, 15) is 8.42 Å². The molecule has 4 N–H and O–H groups in total. The molecule has 0 amide bonds. The van der Waals surface area contributed by atoms with Crippen LogP contribution in [0.4, 0.5) is 0 Å². The molecule has 2 atom stereocenters. The van der Waals surface area contributed by atoms with E-state index in [-0.39, 0.29) is 0 Å². The fourth-order valence-corrected chi connectivity index (χ4v) is 2.71. The summed E-state index contributed by atoms with van der Waals surface area (Å²) in [5.74, 6) is 0. The van der Waals surface area contributed by atoms with Gasteiger partial charge in [-0.05, 0) is 32.6 Å². The molecule has 0 saturated carbocycles. The van der Waals surface area contributed by atoms with Crippen molar-refractivity contribution < 1.29 is 13.2 Å². The SMILES string of the molecule is C=CCCC(CCC1(C)NNCO1)S(N)(=O)=O. The lowest BCUT2D eigenvalue weighted by Gasteiger charge is -2.24. The zero-order valence-corrected chi connectivity index (χ0v) is 10.9. The predicted molar refractivity (Wildman–Crippen MR) is 66.2 cm³/mol. The molecule has 100 valence electrons. The number of rotatable bonds is 7. The molecule has 0 aromatic rings. The Morgan fingerprint density at radius 1 is 1.59 bits per heavy atom. The van der Waals surface area contributed by atoms with Crippen molar-refractivity contribution in [3.63, 3.8) is 0 Å². The largest absolute Gasteiger partial charge is 0.343 e. The van der Waals surface area contributed by atoms with Gasteiger partial charge in [0.25, 0.3) is 0 Å². The van der Waals surface area contributed by atoms with Gasteiger partial charge in [0.2, 0.25) is 10.0 Å². The fourth-order valence-electron chi connectivity index (χ4n) is 1.80. The number of hydrogen-bond acceptors (Lipinski definition) is 5. The summed E-state index contributed by atoms with van der Waals surface area (Å²) >= 11 is 0. The van der Waals surface area contributed by atoms with Crippen LogP contribution in [-0.4, -0.2) is 26.1 Å². The average molecular weight is 263 g/mol. The summed E-state index contributed by atoms with van der Waals surface area (Å²) in [6.45, 7) is 5.88. The highest BCUT2D eigenvalue weighted by Gasteiger charge is 2.31. The molecule has 1 saturated heterocycles. The van der Waals surface area contributed by atoms with E-state index >= 15 is 0 Å². The van der Waals surface area contributed by atoms with E-state index in [1.165, 1.54) is 0 Å². The van der Waals surface area contributed by atoms with Gasteiger partial charge >= 0.3 is 0 Å². The Hall–Kier alpha value is -0.470. The molecule has 0 aromatic carbocycles. The summed E-state index contributed by atoms with van der Waals surface area (Å²) in [4.78, 5) is 0. The lowest BCUT2D eigenvalue weighted by molar-refractivity contribution is -0.00237. The predicted octanol–water partition coefficient (Wildman–Crippen LogP) is 0.188. The Bertz CT molecular complexity index is 350. The van der Waals surface area contributed by atoms with Crippen LogP contribution >= 0.6 is 0 Å². The van der Waals surface area contributed by atoms with Crippen molar-refractivity contribution in [2.24, 2.45) is 5.14 Å². The van der Waals surface area contributed by atoms with Crippen LogP contribution in [0, 0.1) is 0 Å². The second kappa shape index (κ2) is 5.92. The standard InChI is InChI=1S/C10H21N3O3S/c1-3-4-5-9(17(11,14)15)6-7-10(2)13-12-8-16-10/h3,9,12-13H,1,4-8H2,2H3,(H2,11,14,15). The van der Waals surface area contributed by atoms with Gasteiger partial charge in [-0.3, -0.25) is 0 Å². The molecule has 0 aromatic heterocycles. The van der Waals surface area contributed by atoms with Crippen LogP contribution in [0.5, 0.6) is 0 Å². The Morgan fingerprint density at radius 3 is 2.76 bits per heavy atom. The van der Waals surface area contributed by atoms with Gasteiger partial charge in [-0.1, -0.05) is 6.08 Å². The van der Waals surface area contributed by atoms with Crippen molar-refractivity contribution in [1.29, 1.82) is 0 Å². The molecule has 0 aliphatic carbocycles. The minimum absolute atomic E-state index is 0.420. The topological polar surface area (TPSA) is 93.4 Å². The highest BCUT2D eigenvalue weighted by molar-refractivity contribution is 7.89. The highest BCUT2D eigenvalue weighted by atomic mass is 32.2. The molecule has 2 unspecified atom stereocenters. The van der Waals surface area contributed by atoms with Crippen molar-refractivity contribution in [2.45, 2.75) is 43.6 Å². The number of hydrogen-bond donors (Lipinski definition) is 3. The maximum absolute atomic E-state index is 11.4. The maximum atomic E-state index is 11.4. The average Bonchev–Trinajstić information content (AvgIpc) is 2.64. The number of hydrazine groups is 1. The molecule has 1 heterocycles. The summed E-state index contributed by atoms with van der Waals surface area (Å²) < 4.78 is 28.3. The number of primary sulfonamides is 1. The fraction of sp³-hybridized carbons (Fsp3) is 0.800. The third-order valence-corrected chi connectivity index (χ3v) is 4.32. The number of nitrogens with two attached hydrogens (primary N) is 1. The molecule has 0 bridgehead atoms. The Labute approximate surface area is 103 Å². The van der Waals surface area contributed by atoms with E-state index in [2.05, 4.69) is 17.4 Å². The monoisotopic (exact) mass is 263 g/mol. The second-order valence-electron chi connectivity index (χ2n) is 4.44.